The van der Waals surface area contributed by atoms with Crippen LogP contribution in [0.3, 0.4) is 0 Å². The van der Waals surface area contributed by atoms with E-state index in [9.17, 15) is 0 Å². The quantitative estimate of drug-likeness (QED) is 0.107. The zero-order valence-electron chi connectivity index (χ0n) is 23.1. The van der Waals surface area contributed by atoms with Gasteiger partial charge in [0.2, 0.25) is 0 Å². The Morgan fingerprint density at radius 2 is 0.289 bits per heavy atom. The number of rotatable bonds is 20. The average Bonchev–Trinajstić information content (AvgIpc) is 2.80. The van der Waals surface area contributed by atoms with Gasteiger partial charge in [-0.1, -0.05) is 0 Å². The third-order valence-corrected chi connectivity index (χ3v) is 305. The summed E-state index contributed by atoms with van der Waals surface area (Å²) in [6.07, 6.45) is 0. The van der Waals surface area contributed by atoms with Crippen LogP contribution in [0.5, 0.6) is 0 Å². The molecule has 0 amide bonds. The Balaban J connectivity index is 0. The van der Waals surface area contributed by atoms with Crippen molar-refractivity contribution in [2.24, 2.45) is 0 Å². The molecule has 272 valence electrons. The fourth-order valence-corrected chi connectivity index (χ4v) is 606. The van der Waals surface area contributed by atoms with Crippen molar-refractivity contribution in [3.05, 3.63) is 0 Å². The zero-order valence-corrected chi connectivity index (χ0v) is 71.4. The van der Waals surface area contributed by atoms with Crippen LogP contribution < -0.4 is 0 Å². The Hall–Kier alpha value is 19.6. The standard InChI is InChI=1S/H46P44.W/c1-24(2)35(23)41(36(25(3)4)26(5)6)44(42(37(27(7)8)28(9)10)38(29(11)12)30(13)14)43(39(31(15)16)32(17)18)40(33(19)20)34(21)22;/h1-23H2;. The minimum absolute atomic E-state index is 0. The summed E-state index contributed by atoms with van der Waals surface area (Å²) in [5, 5.41) is 0. The average molecular weight is 1590 g/mol. The minimum atomic E-state index is -0.154. The third kappa shape index (κ3) is 24.3. The Kier molecular flexibility index (Phi) is 54.1. The van der Waals surface area contributed by atoms with Crippen molar-refractivity contribution >= 4 is 352 Å². The van der Waals surface area contributed by atoms with E-state index in [0.717, 1.165) is 0 Å². The van der Waals surface area contributed by atoms with E-state index in [2.05, 4.69) is 205 Å². The number of hydrogen-bond acceptors (Lipinski definition) is 0. The van der Waals surface area contributed by atoms with Gasteiger partial charge in [-0.05, 0) is 147 Å². The van der Waals surface area contributed by atoms with Crippen molar-refractivity contribution in [2.75, 3.05) is 0 Å². The van der Waals surface area contributed by atoms with Crippen LogP contribution in [0.15, 0.2) is 0 Å². The maximum atomic E-state index is 3.63. The van der Waals surface area contributed by atoms with Gasteiger partial charge in [0.05, 0.1) is 0 Å². The molecule has 0 aliphatic carbocycles. The summed E-state index contributed by atoms with van der Waals surface area (Å²) in [6, 6.07) is 0. The third-order valence-electron chi connectivity index (χ3n) is 3.77. The molecule has 25 atom stereocenters. The smallest absolute Gasteiger partial charge is 0 e. The van der Waals surface area contributed by atoms with Crippen LogP contribution in [0.2, 0.25) is 0 Å². The van der Waals surface area contributed by atoms with Gasteiger partial charge in [-0.15, -0.1) is 205 Å². The molecule has 0 aromatic carbocycles. The molecule has 0 saturated carbocycles. The molecule has 0 bridgehead atoms. The fraction of sp³-hybridized carbons (Fsp3) is 0. The maximum Gasteiger partial charge on any atom is 0 e. The molecule has 0 aromatic rings. The molecule has 25 unspecified atom stereocenters. The van der Waals surface area contributed by atoms with Crippen LogP contribution in [-0.2, 0) is 21.1 Å². The SMILES string of the molecule is PP(P)P(P)P(P(P(P)P)P(P)P)P(P(P(P(P)P)P(P)P)P(P(P)P)P(P)P)P(P(P(P)P)P(P)P)P(P(P)P)P(P)P.[W]. The molecule has 0 spiro atoms. The molecule has 0 rings (SSSR count). The Morgan fingerprint density at radius 1 is 0.156 bits per heavy atom. The summed E-state index contributed by atoms with van der Waals surface area (Å²) in [5.41, 5.74) is 0. The summed E-state index contributed by atoms with van der Waals surface area (Å²) >= 11 is 0. The number of hydrogen-bond donors (Lipinski definition) is 0. The van der Waals surface area contributed by atoms with E-state index in [4.69, 9.17) is 0 Å². The van der Waals surface area contributed by atoms with Gasteiger partial charge < -0.3 is 0 Å². The first-order chi connectivity index (χ1) is 19.9. The van der Waals surface area contributed by atoms with E-state index in [-0.39, 0.29) is 168 Å². The van der Waals surface area contributed by atoms with Gasteiger partial charge in [-0.2, -0.15) is 0 Å². The molecule has 0 fully saturated rings. The van der Waals surface area contributed by atoms with E-state index in [1.54, 1.807) is 0 Å². The predicted molar refractivity (Wildman–Crippen MR) is 369 cm³/mol. The van der Waals surface area contributed by atoms with E-state index in [1.165, 1.54) is 0 Å². The van der Waals surface area contributed by atoms with Crippen molar-refractivity contribution in [1.29, 1.82) is 0 Å². The van der Waals surface area contributed by atoms with Crippen molar-refractivity contribution in [3.8, 4) is 0 Å². The zero-order chi connectivity index (χ0) is 35.1. The van der Waals surface area contributed by atoms with Crippen LogP contribution in [0.1, 0.15) is 0 Å². The molecule has 45 heteroatoms. The Labute approximate surface area is 367 Å². The van der Waals surface area contributed by atoms with Crippen molar-refractivity contribution in [1.82, 2.24) is 0 Å². The maximum absolute atomic E-state index is 3.63. The molecular formula is H46P44W. The van der Waals surface area contributed by atoms with Gasteiger partial charge in [0.1, 0.15) is 0 Å². The monoisotopic (exact) mass is 1590 g/mol. The molecule has 0 heterocycles. The Bertz CT molecular complexity index is 614. The molecule has 45 heavy (non-hydrogen) atoms. The fourth-order valence-electron chi connectivity index (χ4n) is 2.49. The van der Waals surface area contributed by atoms with Gasteiger partial charge in [-0.3, -0.25) is 0 Å². The molecule has 0 aromatic heterocycles. The largest absolute Gasteiger partial charge is 0.102 e. The van der Waals surface area contributed by atoms with Crippen molar-refractivity contribution in [3.63, 3.8) is 0 Å². The van der Waals surface area contributed by atoms with Gasteiger partial charge in [-0.25, -0.2) is 0 Å². The summed E-state index contributed by atoms with van der Waals surface area (Å²) in [7, 11) is 78.8. The van der Waals surface area contributed by atoms with Crippen molar-refractivity contribution in [2.45, 2.75) is 0 Å². The van der Waals surface area contributed by atoms with Crippen LogP contribution in [0, 0.1) is 0 Å². The van der Waals surface area contributed by atoms with E-state index in [1.807, 2.05) is 0 Å². The summed E-state index contributed by atoms with van der Waals surface area (Å²) in [6.45, 7) is -2.62. The molecule has 0 saturated heterocycles. The summed E-state index contributed by atoms with van der Waals surface area (Å²) < 4.78 is 0. The first-order valence-electron chi connectivity index (χ1n) is 9.94. The van der Waals surface area contributed by atoms with E-state index in [0.29, 0.717) is 0 Å². The second kappa shape index (κ2) is 36.5. The molecule has 0 radical (unpaired) electrons. The Morgan fingerprint density at radius 3 is 0.422 bits per heavy atom. The van der Waals surface area contributed by atoms with Gasteiger partial charge >= 0.3 is 0 Å². The topological polar surface area (TPSA) is 0 Å². The van der Waals surface area contributed by atoms with E-state index < -0.39 is 0 Å². The molecule has 0 nitrogen and oxygen atoms in total. The molecule has 0 aliphatic heterocycles. The van der Waals surface area contributed by atoms with Crippen LogP contribution in [0.25, 0.3) is 0 Å². The van der Waals surface area contributed by atoms with Gasteiger partial charge in [0.15, 0.2) is 0 Å². The summed E-state index contributed by atoms with van der Waals surface area (Å²) in [5.74, 6) is 0. The van der Waals surface area contributed by atoms with E-state index >= 15 is 0 Å². The second-order valence-electron chi connectivity index (χ2n) is 6.92. The van der Waals surface area contributed by atoms with Gasteiger partial charge in [0, 0.05) is 21.1 Å². The van der Waals surface area contributed by atoms with Crippen LogP contribution in [-0.4, -0.2) is 0 Å². The molecule has 0 N–H and O–H groups in total. The van der Waals surface area contributed by atoms with Crippen LogP contribution in [0.4, 0.5) is 0 Å². The second-order valence-corrected chi connectivity index (χ2v) is 187. The summed E-state index contributed by atoms with van der Waals surface area (Å²) in [4.78, 5) is 0. The minimum Gasteiger partial charge on any atom is -0.102 e. The first-order valence-corrected chi connectivity index (χ1v) is 89.4. The van der Waals surface area contributed by atoms with Gasteiger partial charge in [0.25, 0.3) is 0 Å². The predicted octanol–water partition coefficient (Wildman–Crippen LogP) is 25.6. The van der Waals surface area contributed by atoms with Crippen molar-refractivity contribution < 1.29 is 21.1 Å². The first kappa shape index (κ1) is 66.7. The molecular weight excluding hydrogens is 1550 g/mol. The molecule has 0 aliphatic rings. The normalized spacial score (nSPS) is 15.3. The van der Waals surface area contributed by atoms with Crippen LogP contribution >= 0.6 is 352 Å².